The van der Waals surface area contributed by atoms with E-state index in [4.69, 9.17) is 0 Å². The lowest BCUT2D eigenvalue weighted by molar-refractivity contribution is 0.461. The summed E-state index contributed by atoms with van der Waals surface area (Å²) >= 11 is 0. The van der Waals surface area contributed by atoms with Crippen LogP contribution in [-0.4, -0.2) is 25.0 Å². The molecule has 1 aliphatic carbocycles. The Labute approximate surface area is 161 Å². The Hall–Kier alpha value is -3.40. The van der Waals surface area contributed by atoms with Gasteiger partial charge >= 0.3 is 0 Å². The Morgan fingerprint density at radius 3 is 2.64 bits per heavy atom. The number of aromatic nitrogens is 4. The summed E-state index contributed by atoms with van der Waals surface area (Å²) in [4.78, 5) is 22.1. The molecule has 1 aliphatic rings. The van der Waals surface area contributed by atoms with Gasteiger partial charge in [0.25, 0.3) is 0 Å². The average molecular weight is 372 g/mol. The van der Waals surface area contributed by atoms with Gasteiger partial charge in [-0.2, -0.15) is 5.26 Å². The molecule has 0 saturated heterocycles. The van der Waals surface area contributed by atoms with Crippen LogP contribution in [0.2, 0.25) is 0 Å². The second kappa shape index (κ2) is 6.34. The maximum Gasteiger partial charge on any atom is 0.227 e. The average Bonchev–Trinajstić information content (AvgIpc) is 3.02. The molecule has 1 N–H and O–H groups in total. The predicted molar refractivity (Wildman–Crippen MR) is 108 cm³/mol. The zero-order valence-electron chi connectivity index (χ0n) is 15.6. The largest absolute Gasteiger partial charge is 0.351 e. The predicted octanol–water partition coefficient (Wildman–Crippen LogP) is 3.35. The summed E-state index contributed by atoms with van der Waals surface area (Å²) in [6.07, 6.45) is 7.53. The SMILES string of the molecule is Cn1c2ccccc2n2c3cnc(NC4CCCCC4)nc3c(=O)c(C#N)c12. The van der Waals surface area contributed by atoms with Crippen LogP contribution in [-0.2, 0) is 7.05 Å². The molecule has 1 saturated carbocycles. The Morgan fingerprint density at radius 1 is 1.14 bits per heavy atom. The van der Waals surface area contributed by atoms with Crippen molar-refractivity contribution in [1.82, 2.24) is 18.9 Å². The van der Waals surface area contributed by atoms with Crippen LogP contribution in [0.1, 0.15) is 37.7 Å². The van der Waals surface area contributed by atoms with Crippen LogP contribution in [0.4, 0.5) is 5.95 Å². The molecular formula is C21H20N6O. The van der Waals surface area contributed by atoms with Gasteiger partial charge in [0.2, 0.25) is 11.4 Å². The number of anilines is 1. The summed E-state index contributed by atoms with van der Waals surface area (Å²) < 4.78 is 3.79. The third-order valence-electron chi connectivity index (χ3n) is 5.74. The van der Waals surface area contributed by atoms with Gasteiger partial charge in [0.05, 0.1) is 22.7 Å². The molecule has 0 aliphatic heterocycles. The summed E-state index contributed by atoms with van der Waals surface area (Å²) in [5.41, 5.74) is 3.07. The van der Waals surface area contributed by atoms with Gasteiger partial charge in [0.15, 0.2) is 0 Å². The van der Waals surface area contributed by atoms with Gasteiger partial charge in [-0.05, 0) is 25.0 Å². The van der Waals surface area contributed by atoms with E-state index in [0.29, 0.717) is 23.2 Å². The van der Waals surface area contributed by atoms with Crippen molar-refractivity contribution in [3.8, 4) is 6.07 Å². The lowest BCUT2D eigenvalue weighted by Gasteiger charge is -2.22. The van der Waals surface area contributed by atoms with Crippen LogP contribution in [0.3, 0.4) is 0 Å². The Kier molecular flexibility index (Phi) is 3.79. The van der Waals surface area contributed by atoms with Crippen molar-refractivity contribution >= 4 is 33.7 Å². The van der Waals surface area contributed by atoms with Gasteiger partial charge in [-0.1, -0.05) is 31.4 Å². The zero-order valence-corrected chi connectivity index (χ0v) is 15.6. The van der Waals surface area contributed by atoms with Crippen LogP contribution < -0.4 is 10.7 Å². The number of benzene rings is 1. The van der Waals surface area contributed by atoms with Crippen molar-refractivity contribution in [2.75, 3.05) is 5.32 Å². The number of nitriles is 1. The molecule has 0 radical (unpaired) electrons. The summed E-state index contributed by atoms with van der Waals surface area (Å²) in [5, 5.41) is 13.1. The van der Waals surface area contributed by atoms with E-state index in [-0.39, 0.29) is 16.5 Å². The highest BCUT2D eigenvalue weighted by Crippen LogP contribution is 2.26. The van der Waals surface area contributed by atoms with Gasteiger partial charge in [-0.15, -0.1) is 0 Å². The van der Waals surface area contributed by atoms with E-state index in [2.05, 4.69) is 21.4 Å². The highest BCUT2D eigenvalue weighted by molar-refractivity contribution is 5.92. The van der Waals surface area contributed by atoms with Gasteiger partial charge < -0.3 is 9.88 Å². The molecule has 3 aromatic heterocycles. The zero-order chi connectivity index (χ0) is 19.3. The minimum Gasteiger partial charge on any atom is -0.351 e. The maximum atomic E-state index is 13.1. The van der Waals surface area contributed by atoms with Crippen molar-refractivity contribution in [2.24, 2.45) is 7.05 Å². The number of nitrogens with one attached hydrogen (secondary N) is 1. The van der Waals surface area contributed by atoms with E-state index < -0.39 is 0 Å². The van der Waals surface area contributed by atoms with Gasteiger partial charge in [-0.25, -0.2) is 9.97 Å². The minimum absolute atomic E-state index is 0.105. The fourth-order valence-corrected chi connectivity index (χ4v) is 4.36. The lowest BCUT2D eigenvalue weighted by Crippen LogP contribution is -2.24. The summed E-state index contributed by atoms with van der Waals surface area (Å²) in [6.45, 7) is 0. The molecule has 4 aromatic rings. The molecule has 1 aromatic carbocycles. The number of nitrogens with zero attached hydrogens (tertiary/aromatic N) is 5. The first-order valence-electron chi connectivity index (χ1n) is 9.64. The highest BCUT2D eigenvalue weighted by Gasteiger charge is 2.21. The molecule has 7 heteroatoms. The van der Waals surface area contributed by atoms with Crippen LogP contribution >= 0.6 is 0 Å². The molecule has 140 valence electrons. The first kappa shape index (κ1) is 16.8. The van der Waals surface area contributed by atoms with Crippen molar-refractivity contribution in [2.45, 2.75) is 38.1 Å². The number of para-hydroxylation sites is 2. The number of fused-ring (bicyclic) bond motifs is 5. The van der Waals surface area contributed by atoms with E-state index in [1.54, 1.807) is 6.20 Å². The van der Waals surface area contributed by atoms with Crippen molar-refractivity contribution in [3.63, 3.8) is 0 Å². The first-order valence-corrected chi connectivity index (χ1v) is 9.64. The van der Waals surface area contributed by atoms with Crippen molar-refractivity contribution in [1.29, 1.82) is 5.26 Å². The number of hydrogen-bond acceptors (Lipinski definition) is 5. The third-order valence-corrected chi connectivity index (χ3v) is 5.74. The monoisotopic (exact) mass is 372 g/mol. The fraction of sp³-hybridized carbons (Fsp3) is 0.333. The van der Waals surface area contributed by atoms with E-state index in [9.17, 15) is 10.1 Å². The highest BCUT2D eigenvalue weighted by atomic mass is 16.1. The van der Waals surface area contributed by atoms with Crippen LogP contribution in [0.25, 0.3) is 27.7 Å². The molecule has 0 unspecified atom stereocenters. The lowest BCUT2D eigenvalue weighted by atomic mass is 9.96. The molecule has 1 fully saturated rings. The Balaban J connectivity index is 1.80. The van der Waals surface area contributed by atoms with Crippen LogP contribution in [0.5, 0.6) is 0 Å². The van der Waals surface area contributed by atoms with Gasteiger partial charge in [0.1, 0.15) is 22.8 Å². The Bertz CT molecular complexity index is 1320. The van der Waals surface area contributed by atoms with Gasteiger partial charge in [0, 0.05) is 13.1 Å². The summed E-state index contributed by atoms with van der Waals surface area (Å²) in [5.74, 6) is 0.459. The summed E-state index contributed by atoms with van der Waals surface area (Å²) in [6, 6.07) is 10.3. The minimum atomic E-state index is -0.350. The molecule has 0 atom stereocenters. The topological polar surface area (TPSA) is 88.0 Å². The molecule has 28 heavy (non-hydrogen) atoms. The van der Waals surface area contributed by atoms with Crippen molar-refractivity contribution in [3.05, 3.63) is 46.2 Å². The molecule has 0 spiro atoms. The second-order valence-electron chi connectivity index (χ2n) is 7.43. The molecule has 0 amide bonds. The first-order chi connectivity index (χ1) is 13.7. The molecule has 0 bridgehead atoms. The van der Waals surface area contributed by atoms with E-state index in [0.717, 1.165) is 23.9 Å². The smallest absolute Gasteiger partial charge is 0.227 e. The number of rotatable bonds is 2. The van der Waals surface area contributed by atoms with E-state index in [1.807, 2.05) is 40.3 Å². The standard InChI is InChI=1S/C21H20N6O/c1-26-15-9-5-6-10-16(15)27-17-12-23-21(24-13-7-3-2-4-8-13)25-18(17)19(28)14(11-22)20(26)27/h5-6,9-10,12-13H,2-4,7-8H2,1H3,(H,23,24,25). The second-order valence-corrected chi connectivity index (χ2v) is 7.43. The third kappa shape index (κ3) is 2.38. The maximum absolute atomic E-state index is 13.1. The molecule has 3 heterocycles. The van der Waals surface area contributed by atoms with Crippen LogP contribution in [0, 0.1) is 11.3 Å². The number of aryl methyl sites for hydroxylation is 1. The number of imidazole rings is 1. The number of pyridine rings is 1. The number of hydrogen-bond donors (Lipinski definition) is 1. The summed E-state index contributed by atoms with van der Waals surface area (Å²) in [7, 11) is 1.86. The normalized spacial score (nSPS) is 15.3. The molecular weight excluding hydrogens is 352 g/mol. The molecule has 7 nitrogen and oxygen atoms in total. The van der Waals surface area contributed by atoms with Crippen LogP contribution in [0.15, 0.2) is 35.3 Å². The van der Waals surface area contributed by atoms with Gasteiger partial charge in [-0.3, -0.25) is 9.20 Å². The van der Waals surface area contributed by atoms with E-state index in [1.165, 1.54) is 19.3 Å². The quantitative estimate of drug-likeness (QED) is 0.583. The Morgan fingerprint density at radius 2 is 1.89 bits per heavy atom. The van der Waals surface area contributed by atoms with E-state index >= 15 is 0 Å². The van der Waals surface area contributed by atoms with Crippen molar-refractivity contribution < 1.29 is 0 Å². The molecule has 5 rings (SSSR count). The fourth-order valence-electron chi connectivity index (χ4n) is 4.36.